The fourth-order valence-electron chi connectivity index (χ4n) is 2.96. The van der Waals surface area contributed by atoms with Crippen LogP contribution in [0, 0.1) is 6.92 Å². The van der Waals surface area contributed by atoms with Gasteiger partial charge in [-0.05, 0) is 24.6 Å². The normalized spacial score (nSPS) is 15.4. The van der Waals surface area contributed by atoms with Gasteiger partial charge in [-0.25, -0.2) is 4.98 Å². The van der Waals surface area contributed by atoms with Crippen LogP contribution in [0.4, 0.5) is 0 Å². The lowest BCUT2D eigenvalue weighted by Gasteiger charge is -2.25. The highest BCUT2D eigenvalue weighted by atomic mass is 16.5. The maximum Gasteiger partial charge on any atom is 0.273 e. The molecule has 3 aromatic heterocycles. The van der Waals surface area contributed by atoms with Crippen molar-refractivity contribution in [2.45, 2.75) is 20.0 Å². The Kier molecular flexibility index (Phi) is 4.68. The summed E-state index contributed by atoms with van der Waals surface area (Å²) in [7, 11) is 0. The maximum absolute atomic E-state index is 12.3. The second-order valence-corrected chi connectivity index (χ2v) is 6.45. The van der Waals surface area contributed by atoms with Gasteiger partial charge < -0.3 is 19.0 Å². The van der Waals surface area contributed by atoms with Crippen LogP contribution in [0.25, 0.3) is 5.65 Å². The monoisotopic (exact) mass is 355 g/mol. The molecule has 0 atom stereocenters. The molecule has 0 saturated carbocycles. The predicted octanol–water partition coefficient (Wildman–Crippen LogP) is 1.39. The molecule has 3 aromatic rings. The van der Waals surface area contributed by atoms with Crippen LogP contribution in [0.2, 0.25) is 0 Å². The van der Waals surface area contributed by atoms with Gasteiger partial charge in [0.25, 0.3) is 5.91 Å². The van der Waals surface area contributed by atoms with E-state index in [9.17, 15) is 4.79 Å². The van der Waals surface area contributed by atoms with Crippen molar-refractivity contribution in [3.8, 4) is 0 Å². The van der Waals surface area contributed by atoms with E-state index in [0.29, 0.717) is 18.8 Å². The Hall–Kier alpha value is -2.71. The number of ether oxygens (including phenoxy) is 1. The lowest BCUT2D eigenvalue weighted by atomic mass is 10.3. The Labute approximate surface area is 150 Å². The Bertz CT molecular complexity index is 911. The second-order valence-electron chi connectivity index (χ2n) is 6.45. The molecular formula is C18H21N5O3. The molecule has 1 amide bonds. The SMILES string of the molecule is Cc1ccn2cc(CNC(=O)c3cc(CN4CCOCC4)on3)nc2c1. The van der Waals surface area contributed by atoms with Crippen molar-refractivity contribution < 1.29 is 14.1 Å². The average Bonchev–Trinajstić information content (AvgIpc) is 3.27. The highest BCUT2D eigenvalue weighted by Crippen LogP contribution is 2.10. The number of imidazole rings is 1. The molecule has 8 heteroatoms. The highest BCUT2D eigenvalue weighted by Gasteiger charge is 2.17. The zero-order chi connectivity index (χ0) is 17.9. The molecule has 4 rings (SSSR count). The molecule has 4 heterocycles. The first-order chi connectivity index (χ1) is 12.7. The van der Waals surface area contributed by atoms with E-state index < -0.39 is 0 Å². The maximum atomic E-state index is 12.3. The average molecular weight is 355 g/mol. The van der Waals surface area contributed by atoms with Crippen molar-refractivity contribution in [2.24, 2.45) is 0 Å². The van der Waals surface area contributed by atoms with Crippen molar-refractivity contribution in [3.05, 3.63) is 53.3 Å². The van der Waals surface area contributed by atoms with E-state index in [1.165, 1.54) is 0 Å². The van der Waals surface area contributed by atoms with E-state index in [0.717, 1.165) is 43.2 Å². The molecular weight excluding hydrogens is 334 g/mol. The number of fused-ring (bicyclic) bond motifs is 1. The van der Waals surface area contributed by atoms with Crippen LogP contribution in [0.5, 0.6) is 0 Å². The molecule has 1 N–H and O–H groups in total. The fourth-order valence-corrected chi connectivity index (χ4v) is 2.96. The van der Waals surface area contributed by atoms with Crippen molar-refractivity contribution in [1.29, 1.82) is 0 Å². The number of carbonyl (C=O) groups excluding carboxylic acids is 1. The molecule has 0 aromatic carbocycles. The van der Waals surface area contributed by atoms with Gasteiger partial charge in [0.1, 0.15) is 5.65 Å². The first-order valence-corrected chi connectivity index (χ1v) is 8.65. The van der Waals surface area contributed by atoms with E-state index in [1.807, 2.05) is 35.9 Å². The third-order valence-electron chi connectivity index (χ3n) is 4.37. The van der Waals surface area contributed by atoms with E-state index in [2.05, 4.69) is 20.4 Å². The predicted molar refractivity (Wildman–Crippen MR) is 93.7 cm³/mol. The first kappa shape index (κ1) is 16.7. The summed E-state index contributed by atoms with van der Waals surface area (Å²) >= 11 is 0. The van der Waals surface area contributed by atoms with Gasteiger partial charge in [-0.15, -0.1) is 0 Å². The van der Waals surface area contributed by atoms with Gasteiger partial charge in [0, 0.05) is 31.5 Å². The van der Waals surface area contributed by atoms with Gasteiger partial charge in [0.05, 0.1) is 32.0 Å². The van der Waals surface area contributed by atoms with Crippen LogP contribution in [-0.2, 0) is 17.8 Å². The quantitative estimate of drug-likeness (QED) is 0.745. The van der Waals surface area contributed by atoms with Crippen LogP contribution in [0.15, 0.2) is 35.1 Å². The van der Waals surface area contributed by atoms with Gasteiger partial charge >= 0.3 is 0 Å². The number of nitrogens with one attached hydrogen (secondary N) is 1. The van der Waals surface area contributed by atoms with Crippen LogP contribution in [0.3, 0.4) is 0 Å². The van der Waals surface area contributed by atoms with Crippen molar-refractivity contribution >= 4 is 11.6 Å². The highest BCUT2D eigenvalue weighted by molar-refractivity contribution is 5.92. The molecule has 136 valence electrons. The number of hydrogen-bond donors (Lipinski definition) is 1. The molecule has 0 aliphatic carbocycles. The number of pyridine rings is 1. The molecule has 8 nitrogen and oxygen atoms in total. The minimum absolute atomic E-state index is 0.268. The summed E-state index contributed by atoms with van der Waals surface area (Å²) in [5.41, 5.74) is 3.09. The summed E-state index contributed by atoms with van der Waals surface area (Å²) in [5, 5.41) is 6.71. The third kappa shape index (κ3) is 3.76. The zero-order valence-electron chi connectivity index (χ0n) is 14.6. The van der Waals surface area contributed by atoms with Crippen LogP contribution >= 0.6 is 0 Å². The summed E-state index contributed by atoms with van der Waals surface area (Å²) in [6, 6.07) is 5.71. The molecule has 0 radical (unpaired) electrons. The summed E-state index contributed by atoms with van der Waals surface area (Å²) in [5.74, 6) is 0.412. The van der Waals surface area contributed by atoms with Crippen LogP contribution in [-0.4, -0.2) is 51.7 Å². The number of carbonyl (C=O) groups is 1. The molecule has 1 saturated heterocycles. The Morgan fingerprint density at radius 2 is 2.15 bits per heavy atom. The van der Waals surface area contributed by atoms with E-state index in [-0.39, 0.29) is 11.6 Å². The number of aromatic nitrogens is 3. The lowest BCUT2D eigenvalue weighted by Crippen LogP contribution is -2.35. The second kappa shape index (κ2) is 7.27. The van der Waals surface area contributed by atoms with Gasteiger partial charge in [0.15, 0.2) is 11.5 Å². The van der Waals surface area contributed by atoms with E-state index in [4.69, 9.17) is 9.26 Å². The number of amides is 1. The summed E-state index contributed by atoms with van der Waals surface area (Å²) in [6.45, 7) is 6.15. The summed E-state index contributed by atoms with van der Waals surface area (Å²) in [4.78, 5) is 19.0. The summed E-state index contributed by atoms with van der Waals surface area (Å²) in [6.07, 6.45) is 3.86. The number of nitrogens with zero attached hydrogens (tertiary/aromatic N) is 4. The van der Waals surface area contributed by atoms with Gasteiger partial charge in [-0.1, -0.05) is 5.16 Å². The topological polar surface area (TPSA) is 84.9 Å². The number of hydrogen-bond acceptors (Lipinski definition) is 6. The van der Waals surface area contributed by atoms with Gasteiger partial charge in [0.2, 0.25) is 0 Å². The van der Waals surface area contributed by atoms with Crippen LogP contribution in [0.1, 0.15) is 27.5 Å². The fraction of sp³-hybridized carbons (Fsp3) is 0.389. The Morgan fingerprint density at radius 3 is 3.00 bits per heavy atom. The summed E-state index contributed by atoms with van der Waals surface area (Å²) < 4.78 is 12.5. The standard InChI is InChI=1S/C18H21N5O3/c1-13-2-3-23-11-14(20-17(23)8-13)10-19-18(24)16-9-15(26-21-16)12-22-4-6-25-7-5-22/h2-3,8-9,11H,4-7,10,12H2,1H3,(H,19,24). The number of rotatable bonds is 5. The Morgan fingerprint density at radius 1 is 1.31 bits per heavy atom. The van der Waals surface area contributed by atoms with Gasteiger partial charge in [-0.2, -0.15) is 0 Å². The molecule has 1 fully saturated rings. The van der Waals surface area contributed by atoms with Crippen LogP contribution < -0.4 is 5.32 Å². The zero-order valence-corrected chi connectivity index (χ0v) is 14.6. The third-order valence-corrected chi connectivity index (χ3v) is 4.37. The molecule has 0 unspecified atom stereocenters. The van der Waals surface area contributed by atoms with Crippen molar-refractivity contribution in [1.82, 2.24) is 24.8 Å². The molecule has 0 spiro atoms. The minimum atomic E-state index is -0.268. The smallest absolute Gasteiger partial charge is 0.273 e. The molecule has 1 aliphatic rings. The van der Waals surface area contributed by atoms with Gasteiger partial charge in [-0.3, -0.25) is 9.69 Å². The Balaban J connectivity index is 1.35. The largest absolute Gasteiger partial charge is 0.379 e. The lowest BCUT2D eigenvalue weighted by molar-refractivity contribution is 0.0305. The number of morpholine rings is 1. The molecule has 1 aliphatic heterocycles. The van der Waals surface area contributed by atoms with Crippen molar-refractivity contribution in [3.63, 3.8) is 0 Å². The van der Waals surface area contributed by atoms with E-state index >= 15 is 0 Å². The molecule has 26 heavy (non-hydrogen) atoms. The van der Waals surface area contributed by atoms with Crippen molar-refractivity contribution in [2.75, 3.05) is 26.3 Å². The number of aryl methyl sites for hydroxylation is 1. The first-order valence-electron chi connectivity index (χ1n) is 8.65. The molecule has 0 bridgehead atoms. The minimum Gasteiger partial charge on any atom is -0.379 e. The van der Waals surface area contributed by atoms with E-state index in [1.54, 1.807) is 6.07 Å².